The first-order valence-electron chi connectivity index (χ1n) is 4.72. The normalized spacial score (nSPS) is 15.6. The minimum Gasteiger partial charge on any atom is -0.489 e. The second-order valence-corrected chi connectivity index (χ2v) is 5.06. The Morgan fingerprint density at radius 1 is 1.21 bits per heavy atom. The topological polar surface area (TPSA) is 9.23 Å². The third-order valence-corrected chi connectivity index (χ3v) is 3.67. The van der Waals surface area contributed by atoms with Crippen LogP contribution in [0.5, 0.6) is 5.75 Å². The van der Waals surface area contributed by atoms with Gasteiger partial charge in [-0.15, -0.1) is 23.5 Å². The lowest BCUT2D eigenvalue weighted by Crippen LogP contribution is -1.97. The molecule has 3 heteroatoms. The van der Waals surface area contributed by atoms with Gasteiger partial charge >= 0.3 is 0 Å². The Labute approximate surface area is 93.6 Å². The Morgan fingerprint density at radius 2 is 2.00 bits per heavy atom. The third-order valence-electron chi connectivity index (χ3n) is 2.19. The molecule has 14 heavy (non-hydrogen) atoms. The van der Waals surface area contributed by atoms with E-state index in [1.807, 2.05) is 0 Å². The molecule has 0 atom stereocenters. The zero-order chi connectivity index (χ0) is 9.97. The molecule has 1 aromatic rings. The third kappa shape index (κ3) is 2.39. The van der Waals surface area contributed by atoms with E-state index in [2.05, 4.69) is 30.7 Å². The first-order valence-corrected chi connectivity index (χ1v) is 7.17. The Bertz CT molecular complexity index is 321. The first-order chi connectivity index (χ1) is 6.83. The van der Waals surface area contributed by atoms with Gasteiger partial charge in [0, 0.05) is 4.90 Å². The lowest BCUT2D eigenvalue weighted by molar-refractivity contribution is 0.296. The molecule has 1 aliphatic carbocycles. The molecule has 0 radical (unpaired) electrons. The fraction of sp³-hybridized carbons (Fsp3) is 0.455. The smallest absolute Gasteiger partial charge is 0.133 e. The van der Waals surface area contributed by atoms with E-state index in [-0.39, 0.29) is 0 Å². The molecule has 0 bridgehead atoms. The SMILES string of the molecule is CSc1ccc(OC2CC2)c(SC)c1. The molecule has 0 aromatic heterocycles. The summed E-state index contributed by atoms with van der Waals surface area (Å²) in [5.74, 6) is 1.05. The van der Waals surface area contributed by atoms with E-state index in [0.717, 1.165) is 5.75 Å². The van der Waals surface area contributed by atoms with E-state index in [0.29, 0.717) is 6.10 Å². The molecule has 1 saturated carbocycles. The van der Waals surface area contributed by atoms with Crippen molar-refractivity contribution in [2.24, 2.45) is 0 Å². The quantitative estimate of drug-likeness (QED) is 0.725. The van der Waals surface area contributed by atoms with Crippen molar-refractivity contribution >= 4 is 23.5 Å². The van der Waals surface area contributed by atoms with E-state index in [1.54, 1.807) is 23.5 Å². The minimum absolute atomic E-state index is 0.487. The van der Waals surface area contributed by atoms with Crippen LogP contribution in [0.25, 0.3) is 0 Å². The standard InChI is InChI=1S/C11H14OS2/c1-13-9-5-6-10(11(7-9)14-2)12-8-3-4-8/h5-8H,3-4H2,1-2H3. The highest BCUT2D eigenvalue weighted by molar-refractivity contribution is 7.99. The van der Waals surface area contributed by atoms with E-state index in [4.69, 9.17) is 4.74 Å². The average Bonchev–Trinajstić information content (AvgIpc) is 3.02. The summed E-state index contributed by atoms with van der Waals surface area (Å²) in [6.07, 6.45) is 7.12. The molecule has 0 spiro atoms. The molecular weight excluding hydrogens is 212 g/mol. The van der Waals surface area contributed by atoms with Gasteiger partial charge in [-0.05, 0) is 43.6 Å². The number of rotatable bonds is 4. The summed E-state index contributed by atoms with van der Waals surface area (Å²) in [6, 6.07) is 6.42. The molecule has 0 heterocycles. The number of hydrogen-bond donors (Lipinski definition) is 0. The van der Waals surface area contributed by atoms with Crippen molar-refractivity contribution in [2.75, 3.05) is 12.5 Å². The van der Waals surface area contributed by atoms with Crippen LogP contribution in [0.15, 0.2) is 28.0 Å². The summed E-state index contributed by atoms with van der Waals surface area (Å²) in [5.41, 5.74) is 0. The van der Waals surface area contributed by atoms with Crippen molar-refractivity contribution in [1.82, 2.24) is 0 Å². The van der Waals surface area contributed by atoms with Gasteiger partial charge in [0.2, 0.25) is 0 Å². The second kappa shape index (κ2) is 4.49. The maximum atomic E-state index is 5.82. The van der Waals surface area contributed by atoms with Crippen LogP contribution in [0.2, 0.25) is 0 Å². The van der Waals surface area contributed by atoms with Crippen LogP contribution in [-0.2, 0) is 0 Å². The molecule has 0 amide bonds. The van der Waals surface area contributed by atoms with Gasteiger partial charge in [0.05, 0.1) is 11.0 Å². The summed E-state index contributed by atoms with van der Waals surface area (Å²) in [5, 5.41) is 0. The predicted octanol–water partition coefficient (Wildman–Crippen LogP) is 3.67. The zero-order valence-corrected chi connectivity index (χ0v) is 10.1. The molecule has 0 aliphatic heterocycles. The van der Waals surface area contributed by atoms with Gasteiger partial charge in [-0.2, -0.15) is 0 Å². The van der Waals surface area contributed by atoms with E-state index in [9.17, 15) is 0 Å². The molecule has 1 aromatic carbocycles. The minimum atomic E-state index is 0.487. The van der Waals surface area contributed by atoms with Gasteiger partial charge in [0.1, 0.15) is 5.75 Å². The van der Waals surface area contributed by atoms with Gasteiger partial charge in [0.25, 0.3) is 0 Å². The van der Waals surface area contributed by atoms with Crippen LogP contribution in [0.1, 0.15) is 12.8 Å². The highest BCUT2D eigenvalue weighted by Crippen LogP contribution is 2.35. The summed E-state index contributed by atoms with van der Waals surface area (Å²) in [4.78, 5) is 2.56. The Balaban J connectivity index is 2.19. The van der Waals surface area contributed by atoms with Crippen molar-refractivity contribution in [3.05, 3.63) is 18.2 Å². The van der Waals surface area contributed by atoms with Crippen LogP contribution in [-0.4, -0.2) is 18.6 Å². The molecule has 1 fully saturated rings. The molecule has 1 aliphatic rings. The van der Waals surface area contributed by atoms with Gasteiger partial charge in [0.15, 0.2) is 0 Å². The monoisotopic (exact) mass is 226 g/mol. The van der Waals surface area contributed by atoms with Crippen LogP contribution >= 0.6 is 23.5 Å². The van der Waals surface area contributed by atoms with Gasteiger partial charge in [-0.1, -0.05) is 0 Å². The predicted molar refractivity (Wildman–Crippen MR) is 63.7 cm³/mol. The van der Waals surface area contributed by atoms with Crippen LogP contribution in [0.3, 0.4) is 0 Å². The molecule has 2 rings (SSSR count). The highest BCUT2D eigenvalue weighted by atomic mass is 32.2. The molecule has 76 valence electrons. The zero-order valence-electron chi connectivity index (χ0n) is 8.45. The summed E-state index contributed by atoms with van der Waals surface area (Å²) in [6.45, 7) is 0. The Hall–Kier alpha value is -0.280. The number of thioether (sulfide) groups is 2. The number of hydrogen-bond acceptors (Lipinski definition) is 3. The van der Waals surface area contributed by atoms with E-state index < -0.39 is 0 Å². The lowest BCUT2D eigenvalue weighted by Gasteiger charge is -2.09. The molecule has 0 saturated heterocycles. The number of benzene rings is 1. The molecule has 1 nitrogen and oxygen atoms in total. The summed E-state index contributed by atoms with van der Waals surface area (Å²) in [7, 11) is 0. The lowest BCUT2D eigenvalue weighted by atomic mass is 10.3. The summed E-state index contributed by atoms with van der Waals surface area (Å²) < 4.78 is 5.82. The summed E-state index contributed by atoms with van der Waals surface area (Å²) >= 11 is 3.53. The van der Waals surface area contributed by atoms with E-state index in [1.165, 1.54) is 22.6 Å². The van der Waals surface area contributed by atoms with Gasteiger partial charge in [-0.3, -0.25) is 0 Å². The van der Waals surface area contributed by atoms with Gasteiger partial charge in [-0.25, -0.2) is 0 Å². The van der Waals surface area contributed by atoms with Crippen LogP contribution in [0.4, 0.5) is 0 Å². The van der Waals surface area contributed by atoms with Crippen molar-refractivity contribution in [3.8, 4) is 5.75 Å². The fourth-order valence-electron chi connectivity index (χ4n) is 1.24. The molecule has 0 N–H and O–H groups in total. The number of ether oxygens (including phenoxy) is 1. The van der Waals surface area contributed by atoms with Crippen molar-refractivity contribution in [1.29, 1.82) is 0 Å². The molecular formula is C11H14OS2. The first kappa shape index (κ1) is 10.2. The van der Waals surface area contributed by atoms with Crippen molar-refractivity contribution < 1.29 is 4.74 Å². The van der Waals surface area contributed by atoms with Gasteiger partial charge < -0.3 is 4.74 Å². The fourth-order valence-corrected chi connectivity index (χ4v) is 2.31. The Morgan fingerprint density at radius 3 is 2.57 bits per heavy atom. The van der Waals surface area contributed by atoms with Crippen LogP contribution in [0, 0.1) is 0 Å². The average molecular weight is 226 g/mol. The van der Waals surface area contributed by atoms with Crippen molar-refractivity contribution in [2.45, 2.75) is 28.7 Å². The molecule has 0 unspecified atom stereocenters. The van der Waals surface area contributed by atoms with Crippen LogP contribution < -0.4 is 4.74 Å². The highest BCUT2D eigenvalue weighted by Gasteiger charge is 2.24. The maximum absolute atomic E-state index is 5.82. The maximum Gasteiger partial charge on any atom is 0.133 e. The van der Waals surface area contributed by atoms with E-state index >= 15 is 0 Å². The van der Waals surface area contributed by atoms with Crippen molar-refractivity contribution in [3.63, 3.8) is 0 Å². The Kier molecular flexibility index (Phi) is 3.29. The largest absolute Gasteiger partial charge is 0.489 e. The second-order valence-electron chi connectivity index (χ2n) is 3.33.